The van der Waals surface area contributed by atoms with Gasteiger partial charge in [0.25, 0.3) is 5.91 Å². The summed E-state index contributed by atoms with van der Waals surface area (Å²) in [6.07, 6.45) is 5.20. The number of aryl methyl sites for hydroxylation is 1. The fourth-order valence-electron chi connectivity index (χ4n) is 2.93. The van der Waals surface area contributed by atoms with Crippen molar-refractivity contribution in [2.75, 3.05) is 4.90 Å². The minimum absolute atomic E-state index is 0.135. The maximum atomic E-state index is 13.1. The van der Waals surface area contributed by atoms with Crippen molar-refractivity contribution >= 4 is 23.5 Å². The summed E-state index contributed by atoms with van der Waals surface area (Å²) in [5.41, 5.74) is 4.15. The van der Waals surface area contributed by atoms with Crippen molar-refractivity contribution in [3.8, 4) is 0 Å². The number of para-hydroxylation sites is 1. The molecule has 0 saturated carbocycles. The molecular formula is C22H17N3O. The summed E-state index contributed by atoms with van der Waals surface area (Å²) < 4.78 is 0. The number of nitrogens with zero attached hydrogens (tertiary/aromatic N) is 3. The van der Waals surface area contributed by atoms with Crippen molar-refractivity contribution in [1.29, 1.82) is 0 Å². The molecule has 4 rings (SSSR count). The maximum Gasteiger partial charge on any atom is 0.282 e. The van der Waals surface area contributed by atoms with Gasteiger partial charge in [0, 0.05) is 18.0 Å². The van der Waals surface area contributed by atoms with Gasteiger partial charge < -0.3 is 0 Å². The van der Waals surface area contributed by atoms with Gasteiger partial charge in [-0.3, -0.25) is 14.7 Å². The van der Waals surface area contributed by atoms with Gasteiger partial charge in [-0.1, -0.05) is 42.0 Å². The lowest BCUT2D eigenvalue weighted by Crippen LogP contribution is -2.32. The van der Waals surface area contributed by atoms with Gasteiger partial charge in [0.05, 0.1) is 5.69 Å². The fraction of sp³-hybridized carbons (Fsp3) is 0.0455. The molecule has 1 aliphatic heterocycles. The molecule has 0 N–H and O–H groups in total. The summed E-state index contributed by atoms with van der Waals surface area (Å²) in [5.74, 6) is 0.509. The monoisotopic (exact) mass is 339 g/mol. The van der Waals surface area contributed by atoms with Gasteiger partial charge >= 0.3 is 0 Å². The maximum absolute atomic E-state index is 13.1. The Morgan fingerprint density at radius 1 is 0.923 bits per heavy atom. The second-order valence-electron chi connectivity index (χ2n) is 6.09. The molecule has 1 aromatic heterocycles. The van der Waals surface area contributed by atoms with Gasteiger partial charge in [-0.25, -0.2) is 4.99 Å². The number of pyridine rings is 1. The number of hydrogen-bond donors (Lipinski definition) is 0. The van der Waals surface area contributed by atoms with E-state index < -0.39 is 0 Å². The Labute approximate surface area is 152 Å². The molecule has 0 aliphatic carbocycles. The zero-order valence-electron chi connectivity index (χ0n) is 14.3. The molecule has 0 spiro atoms. The average Bonchev–Trinajstić information content (AvgIpc) is 3.00. The Bertz CT molecular complexity index is 1010. The van der Waals surface area contributed by atoms with Gasteiger partial charge in [0.2, 0.25) is 0 Å². The SMILES string of the molecule is Cc1cccc(C2=N/C(=C/c3ccncc3)C(=O)N2c2ccccc2)c1. The molecule has 2 aromatic carbocycles. The molecule has 0 fully saturated rings. The van der Waals surface area contributed by atoms with E-state index in [-0.39, 0.29) is 5.91 Å². The summed E-state index contributed by atoms with van der Waals surface area (Å²) in [6.45, 7) is 2.03. The van der Waals surface area contributed by atoms with Crippen molar-refractivity contribution in [3.05, 3.63) is 102 Å². The quantitative estimate of drug-likeness (QED) is 0.671. The number of amidine groups is 1. The lowest BCUT2D eigenvalue weighted by atomic mass is 10.1. The Morgan fingerprint density at radius 2 is 1.69 bits per heavy atom. The van der Waals surface area contributed by atoms with Crippen molar-refractivity contribution in [1.82, 2.24) is 4.98 Å². The minimum Gasteiger partial charge on any atom is -0.266 e. The number of carbonyl (C=O) groups is 1. The van der Waals surface area contributed by atoms with Gasteiger partial charge in [-0.05, 0) is 48.9 Å². The molecule has 0 atom stereocenters. The molecule has 0 bridgehead atoms. The first-order valence-electron chi connectivity index (χ1n) is 8.39. The Kier molecular flexibility index (Phi) is 4.15. The van der Waals surface area contributed by atoms with Crippen LogP contribution < -0.4 is 4.90 Å². The second kappa shape index (κ2) is 6.76. The van der Waals surface area contributed by atoms with E-state index in [0.29, 0.717) is 11.5 Å². The van der Waals surface area contributed by atoms with E-state index in [2.05, 4.69) is 9.98 Å². The smallest absolute Gasteiger partial charge is 0.266 e. The van der Waals surface area contributed by atoms with Gasteiger partial charge in [0.1, 0.15) is 11.5 Å². The highest BCUT2D eigenvalue weighted by Crippen LogP contribution is 2.27. The van der Waals surface area contributed by atoms with E-state index in [1.807, 2.05) is 73.7 Å². The first-order chi connectivity index (χ1) is 12.7. The van der Waals surface area contributed by atoms with E-state index in [4.69, 9.17) is 0 Å². The van der Waals surface area contributed by atoms with E-state index >= 15 is 0 Å². The first-order valence-corrected chi connectivity index (χ1v) is 8.39. The van der Waals surface area contributed by atoms with Crippen LogP contribution in [0.2, 0.25) is 0 Å². The van der Waals surface area contributed by atoms with E-state index in [1.165, 1.54) is 0 Å². The Balaban J connectivity index is 1.84. The molecule has 26 heavy (non-hydrogen) atoms. The molecule has 1 amide bonds. The van der Waals surface area contributed by atoms with Crippen LogP contribution in [0.5, 0.6) is 0 Å². The molecule has 4 nitrogen and oxygen atoms in total. The molecule has 126 valence electrons. The van der Waals surface area contributed by atoms with Crippen LogP contribution in [0.1, 0.15) is 16.7 Å². The lowest BCUT2D eigenvalue weighted by Gasteiger charge is -2.18. The van der Waals surface area contributed by atoms with Crippen LogP contribution in [-0.2, 0) is 4.79 Å². The summed E-state index contributed by atoms with van der Waals surface area (Å²) in [5, 5.41) is 0. The number of anilines is 1. The summed E-state index contributed by atoms with van der Waals surface area (Å²) in [4.78, 5) is 23.5. The highest BCUT2D eigenvalue weighted by Gasteiger charge is 2.32. The molecule has 4 heteroatoms. The number of aliphatic imine (C=N–C) groups is 1. The molecule has 1 aliphatic rings. The van der Waals surface area contributed by atoms with Crippen molar-refractivity contribution in [2.45, 2.75) is 6.92 Å². The predicted molar refractivity (Wildman–Crippen MR) is 104 cm³/mol. The molecular weight excluding hydrogens is 322 g/mol. The second-order valence-corrected chi connectivity index (χ2v) is 6.09. The normalized spacial score (nSPS) is 15.4. The van der Waals surface area contributed by atoms with Gasteiger partial charge in [0.15, 0.2) is 0 Å². The standard InChI is InChI=1S/C22H17N3O/c1-16-6-5-7-18(14-16)21-24-20(15-17-10-12-23-13-11-17)22(26)25(21)19-8-3-2-4-9-19/h2-15H,1H3/b20-15+. The highest BCUT2D eigenvalue weighted by atomic mass is 16.2. The zero-order chi connectivity index (χ0) is 17.9. The van der Waals surface area contributed by atoms with Crippen molar-refractivity contribution in [3.63, 3.8) is 0 Å². The third-order valence-corrected chi connectivity index (χ3v) is 4.16. The minimum atomic E-state index is -0.135. The molecule has 0 unspecified atom stereocenters. The third kappa shape index (κ3) is 3.05. The molecule has 2 heterocycles. The van der Waals surface area contributed by atoms with Crippen molar-refractivity contribution in [2.24, 2.45) is 4.99 Å². The number of carbonyl (C=O) groups excluding carboxylic acids is 1. The lowest BCUT2D eigenvalue weighted by molar-refractivity contribution is -0.113. The van der Waals surface area contributed by atoms with Crippen LogP contribution in [0.25, 0.3) is 6.08 Å². The Morgan fingerprint density at radius 3 is 2.42 bits per heavy atom. The van der Waals surface area contributed by atoms with E-state index in [0.717, 1.165) is 22.4 Å². The van der Waals surface area contributed by atoms with E-state index in [9.17, 15) is 4.79 Å². The third-order valence-electron chi connectivity index (χ3n) is 4.16. The summed E-state index contributed by atoms with van der Waals surface area (Å²) in [6, 6.07) is 21.3. The average molecular weight is 339 g/mol. The first kappa shape index (κ1) is 16.0. The van der Waals surface area contributed by atoms with E-state index in [1.54, 1.807) is 23.4 Å². The molecule has 3 aromatic rings. The van der Waals surface area contributed by atoms with Gasteiger partial charge in [-0.15, -0.1) is 0 Å². The number of rotatable bonds is 3. The number of benzene rings is 2. The molecule has 0 saturated heterocycles. The zero-order valence-corrected chi connectivity index (χ0v) is 14.3. The van der Waals surface area contributed by atoms with Crippen molar-refractivity contribution < 1.29 is 4.79 Å². The number of aromatic nitrogens is 1. The Hall–Kier alpha value is -3.53. The largest absolute Gasteiger partial charge is 0.282 e. The predicted octanol–water partition coefficient (Wildman–Crippen LogP) is 4.22. The van der Waals surface area contributed by atoms with Crippen LogP contribution in [0.15, 0.2) is 89.8 Å². The fourth-order valence-corrected chi connectivity index (χ4v) is 2.93. The van der Waals surface area contributed by atoms with Crippen LogP contribution >= 0.6 is 0 Å². The topological polar surface area (TPSA) is 45.6 Å². The summed E-state index contributed by atoms with van der Waals surface area (Å²) in [7, 11) is 0. The van der Waals surface area contributed by atoms with Crippen LogP contribution in [0.4, 0.5) is 5.69 Å². The molecule has 0 radical (unpaired) electrons. The van der Waals surface area contributed by atoms with Gasteiger partial charge in [-0.2, -0.15) is 0 Å². The van der Waals surface area contributed by atoms with Crippen LogP contribution in [0, 0.1) is 6.92 Å². The van der Waals surface area contributed by atoms with Crippen LogP contribution in [0.3, 0.4) is 0 Å². The number of hydrogen-bond acceptors (Lipinski definition) is 3. The highest BCUT2D eigenvalue weighted by molar-refractivity contribution is 6.33. The number of amides is 1. The summed E-state index contributed by atoms with van der Waals surface area (Å²) >= 11 is 0. The van der Waals surface area contributed by atoms with Crippen LogP contribution in [-0.4, -0.2) is 16.7 Å².